The fourth-order valence-corrected chi connectivity index (χ4v) is 3.26. The van der Waals surface area contributed by atoms with Gasteiger partial charge in [0.15, 0.2) is 0 Å². The van der Waals surface area contributed by atoms with E-state index in [1.165, 1.54) is 4.57 Å². The molecular formula is C17H23N3O3. The van der Waals surface area contributed by atoms with E-state index in [2.05, 4.69) is 5.32 Å². The van der Waals surface area contributed by atoms with Crippen molar-refractivity contribution >= 4 is 16.9 Å². The van der Waals surface area contributed by atoms with E-state index < -0.39 is 0 Å². The zero-order chi connectivity index (χ0) is 16.4. The van der Waals surface area contributed by atoms with Crippen LogP contribution in [0.2, 0.25) is 0 Å². The number of ether oxygens (including phenoxy) is 1. The molecule has 1 aliphatic rings. The molecule has 0 unspecified atom stereocenters. The third-order valence-corrected chi connectivity index (χ3v) is 4.45. The van der Waals surface area contributed by atoms with Crippen molar-refractivity contribution in [1.82, 2.24) is 14.5 Å². The monoisotopic (exact) mass is 317 g/mol. The van der Waals surface area contributed by atoms with Crippen LogP contribution in [-0.2, 0) is 22.6 Å². The number of imidazole rings is 1. The second-order valence-corrected chi connectivity index (χ2v) is 6.01. The van der Waals surface area contributed by atoms with E-state index in [9.17, 15) is 9.59 Å². The first-order chi connectivity index (χ1) is 11.1. The molecule has 1 aromatic heterocycles. The smallest absolute Gasteiger partial charge is 0.329 e. The summed E-state index contributed by atoms with van der Waals surface area (Å²) in [5, 5.41) is 2.96. The lowest BCUT2D eigenvalue weighted by Gasteiger charge is -2.20. The third kappa shape index (κ3) is 3.03. The number of hydrogen-bond donors (Lipinski definition) is 1. The molecule has 6 nitrogen and oxygen atoms in total. The first-order valence-electron chi connectivity index (χ1n) is 8.21. The van der Waals surface area contributed by atoms with Crippen molar-refractivity contribution in [2.75, 3.05) is 6.61 Å². The van der Waals surface area contributed by atoms with Crippen molar-refractivity contribution in [3.8, 4) is 0 Å². The quantitative estimate of drug-likeness (QED) is 0.909. The number of aryl methyl sites for hydroxylation is 1. The number of carbonyl (C=O) groups is 1. The van der Waals surface area contributed by atoms with Gasteiger partial charge in [0.1, 0.15) is 6.54 Å². The summed E-state index contributed by atoms with van der Waals surface area (Å²) in [5.74, 6) is -0.158. The van der Waals surface area contributed by atoms with Crippen LogP contribution in [0.15, 0.2) is 29.1 Å². The second-order valence-electron chi connectivity index (χ2n) is 6.01. The minimum atomic E-state index is -0.158. The maximum absolute atomic E-state index is 12.5. The van der Waals surface area contributed by atoms with E-state index in [4.69, 9.17) is 4.74 Å². The Balaban J connectivity index is 1.79. The SMILES string of the molecule is CCn1c(=O)n(CC(=O)N[C@@H](C)[C@H]2CCCO2)c2ccccc21. The second kappa shape index (κ2) is 6.58. The van der Waals surface area contributed by atoms with E-state index in [0.29, 0.717) is 6.54 Å². The average Bonchev–Trinajstić information content (AvgIpc) is 3.15. The largest absolute Gasteiger partial charge is 0.376 e. The highest BCUT2D eigenvalue weighted by Gasteiger charge is 2.24. The lowest BCUT2D eigenvalue weighted by atomic mass is 10.1. The number of rotatable bonds is 5. The van der Waals surface area contributed by atoms with Gasteiger partial charge in [0.25, 0.3) is 0 Å². The minimum Gasteiger partial charge on any atom is -0.376 e. The van der Waals surface area contributed by atoms with Crippen LogP contribution in [0.1, 0.15) is 26.7 Å². The molecule has 1 aliphatic heterocycles. The number of nitrogens with one attached hydrogen (secondary N) is 1. The fraction of sp³-hybridized carbons (Fsp3) is 0.529. The van der Waals surface area contributed by atoms with E-state index >= 15 is 0 Å². The van der Waals surface area contributed by atoms with Crippen LogP contribution in [0.5, 0.6) is 0 Å². The zero-order valence-corrected chi connectivity index (χ0v) is 13.6. The molecule has 1 fully saturated rings. The zero-order valence-electron chi connectivity index (χ0n) is 13.6. The van der Waals surface area contributed by atoms with Gasteiger partial charge in [0.2, 0.25) is 5.91 Å². The molecule has 0 radical (unpaired) electrons. The molecule has 1 saturated heterocycles. The number of hydrogen-bond acceptors (Lipinski definition) is 3. The fourth-order valence-electron chi connectivity index (χ4n) is 3.26. The summed E-state index contributed by atoms with van der Waals surface area (Å²) in [6.07, 6.45) is 2.08. The molecule has 124 valence electrons. The van der Waals surface area contributed by atoms with Crippen LogP contribution < -0.4 is 11.0 Å². The molecule has 0 bridgehead atoms. The lowest BCUT2D eigenvalue weighted by molar-refractivity contribution is -0.123. The summed E-state index contributed by atoms with van der Waals surface area (Å²) in [6.45, 7) is 5.25. The highest BCUT2D eigenvalue weighted by molar-refractivity contribution is 5.81. The molecule has 0 saturated carbocycles. The number of para-hydroxylation sites is 2. The maximum Gasteiger partial charge on any atom is 0.329 e. The van der Waals surface area contributed by atoms with Crippen molar-refractivity contribution in [3.05, 3.63) is 34.7 Å². The van der Waals surface area contributed by atoms with Crippen LogP contribution in [0.3, 0.4) is 0 Å². The molecule has 6 heteroatoms. The van der Waals surface area contributed by atoms with Gasteiger partial charge < -0.3 is 10.1 Å². The minimum absolute atomic E-state index is 0.0312. The van der Waals surface area contributed by atoms with Gasteiger partial charge in [0.05, 0.1) is 23.2 Å². The Morgan fingerprint density at radius 3 is 2.65 bits per heavy atom. The van der Waals surface area contributed by atoms with Gasteiger partial charge in [-0.05, 0) is 38.8 Å². The van der Waals surface area contributed by atoms with Crippen molar-refractivity contribution < 1.29 is 9.53 Å². The molecule has 1 aromatic carbocycles. The number of aromatic nitrogens is 2. The number of nitrogens with zero attached hydrogens (tertiary/aromatic N) is 2. The van der Waals surface area contributed by atoms with Crippen LogP contribution in [0.4, 0.5) is 0 Å². The Morgan fingerprint density at radius 2 is 2.04 bits per heavy atom. The van der Waals surface area contributed by atoms with Crippen LogP contribution >= 0.6 is 0 Å². The maximum atomic E-state index is 12.5. The number of fused-ring (bicyclic) bond motifs is 1. The first kappa shape index (κ1) is 15.8. The molecule has 2 atom stereocenters. The van der Waals surface area contributed by atoms with Gasteiger partial charge in [-0.1, -0.05) is 12.1 Å². The predicted molar refractivity (Wildman–Crippen MR) is 88.5 cm³/mol. The third-order valence-electron chi connectivity index (χ3n) is 4.45. The van der Waals surface area contributed by atoms with Crippen LogP contribution in [0.25, 0.3) is 11.0 Å². The Bertz CT molecular complexity index is 756. The highest BCUT2D eigenvalue weighted by Crippen LogP contribution is 2.16. The van der Waals surface area contributed by atoms with Crippen molar-refractivity contribution in [2.45, 2.75) is 51.9 Å². The van der Waals surface area contributed by atoms with E-state index in [1.807, 2.05) is 38.1 Å². The summed E-state index contributed by atoms with van der Waals surface area (Å²) in [5.41, 5.74) is 1.51. The summed E-state index contributed by atoms with van der Waals surface area (Å²) < 4.78 is 8.82. The average molecular weight is 317 g/mol. The Kier molecular flexibility index (Phi) is 4.52. The number of amides is 1. The molecule has 0 aliphatic carbocycles. The molecular weight excluding hydrogens is 294 g/mol. The number of carbonyl (C=O) groups excluding carboxylic acids is 1. The summed E-state index contributed by atoms with van der Waals surface area (Å²) in [6, 6.07) is 7.52. The van der Waals surface area contributed by atoms with Crippen LogP contribution in [-0.4, -0.2) is 33.8 Å². The van der Waals surface area contributed by atoms with Crippen molar-refractivity contribution in [2.24, 2.45) is 0 Å². The highest BCUT2D eigenvalue weighted by atomic mass is 16.5. The first-order valence-corrected chi connectivity index (χ1v) is 8.21. The van der Waals surface area contributed by atoms with Gasteiger partial charge in [-0.15, -0.1) is 0 Å². The van der Waals surface area contributed by atoms with E-state index in [0.717, 1.165) is 30.5 Å². The van der Waals surface area contributed by atoms with Gasteiger partial charge in [0, 0.05) is 13.2 Å². The topological polar surface area (TPSA) is 65.3 Å². The Hall–Kier alpha value is -2.08. The van der Waals surface area contributed by atoms with Gasteiger partial charge in [-0.3, -0.25) is 13.9 Å². The Morgan fingerprint density at radius 1 is 1.35 bits per heavy atom. The lowest BCUT2D eigenvalue weighted by Crippen LogP contribution is -2.43. The molecule has 23 heavy (non-hydrogen) atoms. The van der Waals surface area contributed by atoms with Gasteiger partial charge >= 0.3 is 5.69 Å². The summed E-state index contributed by atoms with van der Waals surface area (Å²) in [7, 11) is 0. The molecule has 2 aromatic rings. The predicted octanol–water partition coefficient (Wildman–Crippen LogP) is 1.51. The van der Waals surface area contributed by atoms with Gasteiger partial charge in [-0.25, -0.2) is 4.79 Å². The van der Waals surface area contributed by atoms with Gasteiger partial charge in [-0.2, -0.15) is 0 Å². The van der Waals surface area contributed by atoms with Crippen LogP contribution in [0, 0.1) is 0 Å². The summed E-state index contributed by atoms with van der Waals surface area (Å²) in [4.78, 5) is 24.9. The molecule has 0 spiro atoms. The molecule has 2 heterocycles. The van der Waals surface area contributed by atoms with E-state index in [1.54, 1.807) is 4.57 Å². The molecule has 3 rings (SSSR count). The Labute approximate surface area is 135 Å². The standard InChI is InChI=1S/C17H23N3O3/c1-3-19-13-7-4-5-8-14(13)20(17(19)22)11-16(21)18-12(2)15-9-6-10-23-15/h4-5,7-8,12,15H,3,6,9-11H2,1-2H3,(H,18,21)/t12-,15+/m0/s1. The molecule has 1 amide bonds. The van der Waals surface area contributed by atoms with E-state index in [-0.39, 0.29) is 30.3 Å². The van der Waals surface area contributed by atoms with Crippen molar-refractivity contribution in [1.29, 1.82) is 0 Å². The van der Waals surface area contributed by atoms with Crippen molar-refractivity contribution in [3.63, 3.8) is 0 Å². The summed E-state index contributed by atoms with van der Waals surface area (Å²) >= 11 is 0. The molecule has 1 N–H and O–H groups in total. The number of benzene rings is 1. The normalized spacial score (nSPS) is 19.1.